The number of furan rings is 1. The molecule has 1 fully saturated rings. The standard InChI is InChI=1S/C27H37Cl3N6O6/c1-16(2)12-36(18-9-17(13-35(14-18)25(39)40)33-24(38)42-15-27(28,29)30)22(37)20-11-32-23(26(3,4)5)34-21(20)31-10-19-7-6-8-41-19/h6-8,11,16-18H,9-10,12-15H2,1-5H3,(H,33,38)(H,39,40)(H,31,32,34)/t17-,18+/m1/s1. The average Bonchev–Trinajstić information content (AvgIpc) is 3.41. The molecule has 12 nitrogen and oxygen atoms in total. The van der Waals surface area contributed by atoms with Crippen LogP contribution in [0.25, 0.3) is 0 Å². The molecule has 3 rings (SSSR count). The summed E-state index contributed by atoms with van der Waals surface area (Å²) < 4.78 is 8.60. The first-order valence-corrected chi connectivity index (χ1v) is 14.6. The first-order valence-electron chi connectivity index (χ1n) is 13.5. The highest BCUT2D eigenvalue weighted by Gasteiger charge is 2.38. The topological polar surface area (TPSA) is 150 Å². The van der Waals surface area contributed by atoms with Gasteiger partial charge in [-0.15, -0.1) is 0 Å². The summed E-state index contributed by atoms with van der Waals surface area (Å²) in [6, 6.07) is 2.33. The van der Waals surface area contributed by atoms with Crippen LogP contribution in [0, 0.1) is 5.92 Å². The van der Waals surface area contributed by atoms with Crippen molar-refractivity contribution < 1.29 is 28.6 Å². The lowest BCUT2D eigenvalue weighted by atomic mass is 9.95. The number of nitrogens with one attached hydrogen (secondary N) is 2. The number of carbonyl (C=O) groups is 3. The molecule has 0 aliphatic carbocycles. The van der Waals surface area contributed by atoms with E-state index in [4.69, 9.17) is 44.0 Å². The Morgan fingerprint density at radius 3 is 2.52 bits per heavy atom. The maximum Gasteiger partial charge on any atom is 0.407 e. The normalized spacial score (nSPS) is 17.6. The number of nitrogens with zero attached hydrogens (tertiary/aromatic N) is 4. The third kappa shape index (κ3) is 9.81. The van der Waals surface area contributed by atoms with Gasteiger partial charge in [0.05, 0.1) is 24.9 Å². The molecule has 42 heavy (non-hydrogen) atoms. The van der Waals surface area contributed by atoms with E-state index in [0.717, 1.165) is 4.90 Å². The Kier molecular flexibility index (Phi) is 11.2. The van der Waals surface area contributed by atoms with Crippen molar-refractivity contribution in [3.63, 3.8) is 0 Å². The Morgan fingerprint density at radius 1 is 1.24 bits per heavy atom. The van der Waals surface area contributed by atoms with Crippen LogP contribution in [0.4, 0.5) is 15.4 Å². The van der Waals surface area contributed by atoms with Gasteiger partial charge in [-0.3, -0.25) is 4.79 Å². The summed E-state index contributed by atoms with van der Waals surface area (Å²) in [6.45, 7) is 9.99. The summed E-state index contributed by atoms with van der Waals surface area (Å²) >= 11 is 17.0. The van der Waals surface area contributed by atoms with Gasteiger partial charge >= 0.3 is 12.2 Å². The Bertz CT molecular complexity index is 1230. The third-order valence-corrected chi connectivity index (χ3v) is 6.68. The van der Waals surface area contributed by atoms with E-state index in [1.165, 1.54) is 6.20 Å². The zero-order chi connectivity index (χ0) is 31.2. The minimum atomic E-state index is -1.80. The minimum absolute atomic E-state index is 0.00223. The van der Waals surface area contributed by atoms with Crippen molar-refractivity contribution in [2.24, 2.45) is 5.92 Å². The lowest BCUT2D eigenvalue weighted by Crippen LogP contribution is -2.59. The molecule has 1 aliphatic rings. The fraction of sp³-hybridized carbons (Fsp3) is 0.593. The lowest BCUT2D eigenvalue weighted by Gasteiger charge is -2.42. The maximum absolute atomic E-state index is 14.2. The zero-order valence-corrected chi connectivity index (χ0v) is 26.5. The van der Waals surface area contributed by atoms with Crippen molar-refractivity contribution in [1.82, 2.24) is 25.1 Å². The van der Waals surface area contributed by atoms with Crippen molar-refractivity contribution >= 4 is 58.7 Å². The van der Waals surface area contributed by atoms with Crippen molar-refractivity contribution in [2.75, 3.05) is 31.6 Å². The van der Waals surface area contributed by atoms with Gasteiger partial charge in [-0.05, 0) is 24.5 Å². The molecule has 1 aliphatic heterocycles. The molecule has 0 saturated carbocycles. The van der Waals surface area contributed by atoms with E-state index in [9.17, 15) is 19.5 Å². The van der Waals surface area contributed by atoms with Gasteiger partial charge in [0.15, 0.2) is 0 Å². The second-order valence-corrected chi connectivity index (χ2v) is 14.1. The Balaban J connectivity index is 1.92. The summed E-state index contributed by atoms with van der Waals surface area (Å²) in [6.07, 6.45) is 1.27. The Hall–Kier alpha value is -2.96. The zero-order valence-electron chi connectivity index (χ0n) is 24.2. The van der Waals surface area contributed by atoms with E-state index >= 15 is 0 Å². The number of hydrogen-bond acceptors (Lipinski definition) is 8. The molecule has 0 aromatic carbocycles. The predicted molar refractivity (Wildman–Crippen MR) is 159 cm³/mol. The Labute approximate surface area is 260 Å². The molecular formula is C27H37Cl3N6O6. The number of likely N-dealkylation sites (tertiary alicyclic amines) is 1. The van der Waals surface area contributed by atoms with Gasteiger partial charge in [0, 0.05) is 31.2 Å². The van der Waals surface area contributed by atoms with Gasteiger partial charge in [-0.2, -0.15) is 0 Å². The molecular weight excluding hydrogens is 611 g/mol. The number of carbonyl (C=O) groups excluding carboxylic acids is 2. The number of anilines is 1. The summed E-state index contributed by atoms with van der Waals surface area (Å²) in [5, 5.41) is 15.7. The van der Waals surface area contributed by atoms with Crippen LogP contribution in [0.2, 0.25) is 0 Å². The molecule has 0 radical (unpaired) electrons. The second-order valence-electron chi connectivity index (χ2n) is 11.6. The number of halogens is 3. The molecule has 0 unspecified atom stereocenters. The summed E-state index contributed by atoms with van der Waals surface area (Å²) in [5.74, 6) is 1.21. The number of carboxylic acid groups (broad SMARTS) is 1. The smallest absolute Gasteiger partial charge is 0.407 e. The molecule has 3 N–H and O–H groups in total. The van der Waals surface area contributed by atoms with Crippen LogP contribution in [0.3, 0.4) is 0 Å². The summed E-state index contributed by atoms with van der Waals surface area (Å²) in [5.41, 5.74) is -0.149. The van der Waals surface area contributed by atoms with Crippen LogP contribution < -0.4 is 10.6 Å². The number of aromatic nitrogens is 2. The van der Waals surface area contributed by atoms with Crippen LogP contribution in [-0.4, -0.2) is 85.1 Å². The number of alkyl halides is 3. The highest BCUT2D eigenvalue weighted by Crippen LogP contribution is 2.27. The number of rotatable bonds is 9. The van der Waals surface area contributed by atoms with Gasteiger partial charge in [-0.1, -0.05) is 69.4 Å². The van der Waals surface area contributed by atoms with E-state index in [0.29, 0.717) is 23.9 Å². The van der Waals surface area contributed by atoms with Crippen molar-refractivity contribution in [1.29, 1.82) is 0 Å². The molecule has 3 amide bonds. The van der Waals surface area contributed by atoms with Crippen LogP contribution >= 0.6 is 34.8 Å². The Morgan fingerprint density at radius 2 is 1.95 bits per heavy atom. The molecule has 3 heterocycles. The van der Waals surface area contributed by atoms with Crippen LogP contribution in [-0.2, 0) is 16.7 Å². The molecule has 15 heteroatoms. The van der Waals surface area contributed by atoms with E-state index in [1.807, 2.05) is 34.6 Å². The highest BCUT2D eigenvalue weighted by atomic mass is 35.6. The largest absolute Gasteiger partial charge is 0.467 e. The first-order chi connectivity index (χ1) is 19.5. The monoisotopic (exact) mass is 646 g/mol. The van der Waals surface area contributed by atoms with Crippen LogP contribution in [0.5, 0.6) is 0 Å². The van der Waals surface area contributed by atoms with Gasteiger partial charge in [0.25, 0.3) is 5.91 Å². The van der Waals surface area contributed by atoms with Gasteiger partial charge in [-0.25, -0.2) is 19.6 Å². The quantitative estimate of drug-likeness (QED) is 0.308. The SMILES string of the molecule is CC(C)CN(C(=O)c1cnc(C(C)(C)C)nc1NCc1ccco1)[C@H]1C[C@@H](NC(=O)OCC(Cl)(Cl)Cl)CN(C(=O)O)C1. The number of alkyl carbamates (subject to hydrolysis) is 1. The van der Waals surface area contributed by atoms with Gasteiger partial charge in [0.2, 0.25) is 3.79 Å². The maximum atomic E-state index is 14.2. The molecule has 232 valence electrons. The van der Waals surface area contributed by atoms with Crippen LogP contribution in [0.1, 0.15) is 63.0 Å². The lowest BCUT2D eigenvalue weighted by molar-refractivity contribution is 0.0445. The highest BCUT2D eigenvalue weighted by molar-refractivity contribution is 6.67. The molecule has 0 spiro atoms. The van der Waals surface area contributed by atoms with Gasteiger partial charge in [0.1, 0.15) is 29.6 Å². The van der Waals surface area contributed by atoms with Crippen LogP contribution in [0.15, 0.2) is 29.0 Å². The molecule has 1 saturated heterocycles. The van der Waals surface area contributed by atoms with Gasteiger partial charge < -0.3 is 34.7 Å². The van der Waals surface area contributed by atoms with E-state index in [2.05, 4.69) is 20.6 Å². The fourth-order valence-electron chi connectivity index (χ4n) is 4.48. The average molecular weight is 648 g/mol. The van der Waals surface area contributed by atoms with Crippen molar-refractivity contribution in [3.8, 4) is 0 Å². The van der Waals surface area contributed by atoms with E-state index in [-0.39, 0.29) is 48.9 Å². The van der Waals surface area contributed by atoms with E-state index < -0.39 is 34.7 Å². The predicted octanol–water partition coefficient (Wildman–Crippen LogP) is 5.29. The molecule has 2 atom stereocenters. The second kappa shape index (κ2) is 14.0. The fourth-order valence-corrected chi connectivity index (χ4v) is 4.64. The van der Waals surface area contributed by atoms with E-state index in [1.54, 1.807) is 23.3 Å². The summed E-state index contributed by atoms with van der Waals surface area (Å²) in [4.78, 5) is 50.6. The first kappa shape index (κ1) is 33.5. The van der Waals surface area contributed by atoms with Crippen molar-refractivity contribution in [3.05, 3.63) is 41.7 Å². The molecule has 2 aromatic heterocycles. The minimum Gasteiger partial charge on any atom is -0.467 e. The number of ether oxygens (including phenoxy) is 1. The number of hydrogen-bond donors (Lipinski definition) is 3. The number of amides is 3. The molecule has 0 bridgehead atoms. The number of piperidine rings is 1. The molecule has 2 aromatic rings. The van der Waals surface area contributed by atoms with Crippen molar-refractivity contribution in [2.45, 2.75) is 68.9 Å². The summed E-state index contributed by atoms with van der Waals surface area (Å²) in [7, 11) is 0. The third-order valence-electron chi connectivity index (χ3n) is 6.35.